The quantitative estimate of drug-likeness (QED) is 0.937. The standard InChI is InChI=1S/C8H4BrN3O2S2/c9-4-1-5(7(13)14)6(10-2-4)16-8-12-11-3-15-8/h1-3H,(H,13,14). The van der Waals surface area contributed by atoms with Gasteiger partial charge < -0.3 is 5.11 Å². The van der Waals surface area contributed by atoms with Crippen molar-refractivity contribution in [3.63, 3.8) is 0 Å². The molecule has 0 bridgehead atoms. The summed E-state index contributed by atoms with van der Waals surface area (Å²) in [6.45, 7) is 0. The Morgan fingerprint density at radius 2 is 2.38 bits per heavy atom. The van der Waals surface area contributed by atoms with Crippen molar-refractivity contribution in [2.75, 3.05) is 0 Å². The van der Waals surface area contributed by atoms with Crippen molar-refractivity contribution in [1.29, 1.82) is 0 Å². The van der Waals surface area contributed by atoms with Crippen molar-refractivity contribution in [3.05, 3.63) is 27.8 Å². The number of pyridine rings is 1. The highest BCUT2D eigenvalue weighted by Gasteiger charge is 2.14. The van der Waals surface area contributed by atoms with Crippen molar-refractivity contribution >= 4 is 45.0 Å². The van der Waals surface area contributed by atoms with E-state index >= 15 is 0 Å². The fourth-order valence-electron chi connectivity index (χ4n) is 0.951. The Balaban J connectivity index is 2.36. The lowest BCUT2D eigenvalue weighted by Crippen LogP contribution is -2.00. The molecule has 0 aliphatic carbocycles. The van der Waals surface area contributed by atoms with Crippen LogP contribution in [0.15, 0.2) is 31.6 Å². The van der Waals surface area contributed by atoms with Crippen molar-refractivity contribution < 1.29 is 9.90 Å². The highest BCUT2D eigenvalue weighted by molar-refractivity contribution is 9.10. The molecule has 16 heavy (non-hydrogen) atoms. The van der Waals surface area contributed by atoms with Crippen LogP contribution in [0.25, 0.3) is 0 Å². The van der Waals surface area contributed by atoms with E-state index in [1.54, 1.807) is 11.7 Å². The van der Waals surface area contributed by atoms with Gasteiger partial charge in [0.2, 0.25) is 0 Å². The van der Waals surface area contributed by atoms with Gasteiger partial charge in [-0.25, -0.2) is 9.78 Å². The molecule has 8 heteroatoms. The fourth-order valence-corrected chi connectivity index (χ4v) is 2.73. The Kier molecular flexibility index (Phi) is 3.52. The van der Waals surface area contributed by atoms with Crippen molar-refractivity contribution in [3.8, 4) is 0 Å². The van der Waals surface area contributed by atoms with E-state index in [4.69, 9.17) is 5.11 Å². The molecule has 1 N–H and O–H groups in total. The average Bonchev–Trinajstić information content (AvgIpc) is 2.73. The van der Waals surface area contributed by atoms with Gasteiger partial charge in [0.15, 0.2) is 4.34 Å². The maximum Gasteiger partial charge on any atom is 0.338 e. The van der Waals surface area contributed by atoms with Gasteiger partial charge in [-0.3, -0.25) is 0 Å². The maximum atomic E-state index is 11.0. The van der Waals surface area contributed by atoms with Gasteiger partial charge >= 0.3 is 5.97 Å². The van der Waals surface area contributed by atoms with Crippen molar-refractivity contribution in [2.24, 2.45) is 0 Å². The van der Waals surface area contributed by atoms with E-state index in [9.17, 15) is 4.79 Å². The Hall–Kier alpha value is -0.990. The van der Waals surface area contributed by atoms with Crippen LogP contribution in [-0.4, -0.2) is 26.3 Å². The summed E-state index contributed by atoms with van der Waals surface area (Å²) in [6, 6.07) is 1.51. The lowest BCUT2D eigenvalue weighted by Gasteiger charge is -2.02. The molecule has 2 rings (SSSR count). The molecule has 0 amide bonds. The smallest absolute Gasteiger partial charge is 0.338 e. The third kappa shape index (κ3) is 2.57. The number of carboxylic acid groups (broad SMARTS) is 1. The number of halogens is 1. The maximum absolute atomic E-state index is 11.0. The second kappa shape index (κ2) is 4.89. The van der Waals surface area contributed by atoms with E-state index in [0.29, 0.717) is 13.8 Å². The predicted molar refractivity (Wildman–Crippen MR) is 62.9 cm³/mol. The largest absolute Gasteiger partial charge is 0.478 e. The molecule has 2 aromatic heterocycles. The normalized spacial score (nSPS) is 10.3. The number of carboxylic acids is 1. The molecule has 0 aliphatic rings. The number of carbonyl (C=O) groups is 1. The Bertz CT molecular complexity index is 518. The highest BCUT2D eigenvalue weighted by Crippen LogP contribution is 2.30. The van der Waals surface area contributed by atoms with Crippen LogP contribution < -0.4 is 0 Å². The van der Waals surface area contributed by atoms with E-state index in [2.05, 4.69) is 31.1 Å². The zero-order valence-electron chi connectivity index (χ0n) is 7.62. The molecule has 0 saturated heterocycles. The van der Waals surface area contributed by atoms with E-state index in [0.717, 1.165) is 0 Å². The summed E-state index contributed by atoms with van der Waals surface area (Å²) in [6.07, 6.45) is 1.55. The number of nitrogens with zero attached hydrogens (tertiary/aromatic N) is 3. The van der Waals surface area contributed by atoms with Crippen LogP contribution in [0.3, 0.4) is 0 Å². The van der Waals surface area contributed by atoms with E-state index in [1.165, 1.54) is 29.2 Å². The number of aromatic nitrogens is 3. The first-order valence-electron chi connectivity index (χ1n) is 3.99. The zero-order valence-corrected chi connectivity index (χ0v) is 10.8. The highest BCUT2D eigenvalue weighted by atomic mass is 79.9. The van der Waals surface area contributed by atoms with Gasteiger partial charge in [-0.1, -0.05) is 11.3 Å². The minimum absolute atomic E-state index is 0.148. The summed E-state index contributed by atoms with van der Waals surface area (Å²) in [5, 5.41) is 16.9. The first-order chi connectivity index (χ1) is 7.66. The summed E-state index contributed by atoms with van der Waals surface area (Å²) >= 11 is 5.71. The molecule has 2 aromatic rings. The van der Waals surface area contributed by atoms with Gasteiger partial charge in [0, 0.05) is 10.7 Å². The van der Waals surface area contributed by atoms with Crippen LogP contribution in [0.1, 0.15) is 10.4 Å². The van der Waals surface area contributed by atoms with Crippen molar-refractivity contribution in [1.82, 2.24) is 15.2 Å². The van der Waals surface area contributed by atoms with Crippen LogP contribution in [0.5, 0.6) is 0 Å². The second-order valence-corrected chi connectivity index (χ2v) is 5.60. The minimum Gasteiger partial charge on any atom is -0.478 e. The molecule has 0 unspecified atom stereocenters. The monoisotopic (exact) mass is 317 g/mol. The summed E-state index contributed by atoms with van der Waals surface area (Å²) in [7, 11) is 0. The molecule has 0 spiro atoms. The third-order valence-electron chi connectivity index (χ3n) is 1.57. The second-order valence-electron chi connectivity index (χ2n) is 2.62. The van der Waals surface area contributed by atoms with Gasteiger partial charge in [0.1, 0.15) is 10.5 Å². The molecule has 0 aromatic carbocycles. The Morgan fingerprint density at radius 3 is 3.00 bits per heavy atom. The van der Waals surface area contributed by atoms with Gasteiger partial charge in [-0.05, 0) is 33.8 Å². The summed E-state index contributed by atoms with van der Waals surface area (Å²) in [5.74, 6) is -1.01. The summed E-state index contributed by atoms with van der Waals surface area (Å²) in [4.78, 5) is 15.0. The van der Waals surface area contributed by atoms with Crippen LogP contribution in [0.2, 0.25) is 0 Å². The van der Waals surface area contributed by atoms with Crippen LogP contribution in [0, 0.1) is 0 Å². The zero-order chi connectivity index (χ0) is 11.5. The number of hydrogen-bond donors (Lipinski definition) is 1. The Morgan fingerprint density at radius 1 is 1.56 bits per heavy atom. The molecule has 5 nitrogen and oxygen atoms in total. The number of hydrogen-bond acceptors (Lipinski definition) is 6. The number of aromatic carboxylic acids is 1. The molecular weight excluding hydrogens is 314 g/mol. The predicted octanol–water partition coefficient (Wildman–Crippen LogP) is 2.54. The van der Waals surface area contributed by atoms with Gasteiger partial charge in [0.25, 0.3) is 0 Å². The minimum atomic E-state index is -1.01. The first kappa shape index (κ1) is 11.5. The summed E-state index contributed by atoms with van der Waals surface area (Å²) < 4.78 is 1.30. The van der Waals surface area contributed by atoms with E-state index < -0.39 is 5.97 Å². The molecule has 0 radical (unpaired) electrons. The SMILES string of the molecule is O=C(O)c1cc(Br)cnc1Sc1nncs1. The first-order valence-corrected chi connectivity index (χ1v) is 6.48. The van der Waals surface area contributed by atoms with Gasteiger partial charge in [-0.2, -0.15) is 0 Å². The average molecular weight is 318 g/mol. The molecule has 0 fully saturated rings. The molecule has 0 saturated carbocycles. The molecule has 0 aliphatic heterocycles. The molecule has 2 heterocycles. The van der Waals surface area contributed by atoms with Crippen LogP contribution >= 0.6 is 39.0 Å². The van der Waals surface area contributed by atoms with Gasteiger partial charge in [-0.15, -0.1) is 10.2 Å². The summed E-state index contributed by atoms with van der Waals surface area (Å²) in [5.41, 5.74) is 1.73. The number of rotatable bonds is 3. The lowest BCUT2D eigenvalue weighted by molar-refractivity contribution is 0.0692. The van der Waals surface area contributed by atoms with Gasteiger partial charge in [0.05, 0.1) is 5.56 Å². The molecular formula is C8H4BrN3O2S2. The van der Waals surface area contributed by atoms with E-state index in [-0.39, 0.29) is 5.56 Å². The lowest BCUT2D eigenvalue weighted by atomic mass is 10.3. The fraction of sp³-hybridized carbons (Fsp3) is 0. The molecule has 0 atom stereocenters. The van der Waals surface area contributed by atoms with Crippen LogP contribution in [0.4, 0.5) is 0 Å². The van der Waals surface area contributed by atoms with Crippen LogP contribution in [-0.2, 0) is 0 Å². The van der Waals surface area contributed by atoms with E-state index in [1.807, 2.05) is 0 Å². The topological polar surface area (TPSA) is 76.0 Å². The Labute approximate surface area is 107 Å². The third-order valence-corrected chi connectivity index (χ3v) is 3.80. The van der Waals surface area contributed by atoms with Crippen molar-refractivity contribution in [2.45, 2.75) is 9.37 Å². The molecule has 82 valence electrons.